The molecule has 2 aromatic carbocycles. The predicted molar refractivity (Wildman–Crippen MR) is 210 cm³/mol. The summed E-state index contributed by atoms with van der Waals surface area (Å²) in [5.41, 5.74) is 0. The van der Waals surface area contributed by atoms with E-state index in [0.717, 1.165) is 12.3 Å². The summed E-state index contributed by atoms with van der Waals surface area (Å²) >= 11 is 0. The van der Waals surface area contributed by atoms with Crippen LogP contribution < -0.4 is 5.32 Å². The Morgan fingerprint density at radius 1 is 0.919 bits per heavy atom. The first-order valence-electron chi connectivity index (χ1n) is 19.6. The molecule has 3 saturated heterocycles. The van der Waals surface area contributed by atoms with Crippen LogP contribution in [0, 0.1) is 5.92 Å². The molecule has 22 nitrogen and oxygen atoms in total. The molecule has 24 heteroatoms. The van der Waals surface area contributed by atoms with Gasteiger partial charge in [-0.15, -0.1) is 0 Å². The van der Waals surface area contributed by atoms with E-state index in [2.05, 4.69) is 9.50 Å². The number of sulfone groups is 1. The van der Waals surface area contributed by atoms with Gasteiger partial charge < -0.3 is 74.3 Å². The number of carbonyl (C=O) groups is 2. The van der Waals surface area contributed by atoms with E-state index in [1.807, 2.05) is 0 Å². The summed E-state index contributed by atoms with van der Waals surface area (Å²) in [6, 6.07) is 10.3. The topological polar surface area (TPSA) is 341 Å². The molecule has 5 unspecified atom stereocenters. The second kappa shape index (κ2) is 20.5. The average Bonchev–Trinajstić information content (AvgIpc) is 3.20. The highest BCUT2D eigenvalue weighted by Crippen LogP contribution is 2.41. The van der Waals surface area contributed by atoms with Gasteiger partial charge in [0, 0.05) is 32.8 Å². The number of ketones is 1. The smallest absolute Gasteiger partial charge is 0.394 e. The largest absolute Gasteiger partial charge is 0.397 e. The van der Waals surface area contributed by atoms with Crippen molar-refractivity contribution in [3.05, 3.63) is 42.5 Å². The minimum absolute atomic E-state index is 0.0297. The minimum Gasteiger partial charge on any atom is -0.394 e. The lowest BCUT2D eigenvalue weighted by Crippen LogP contribution is -2.68. The summed E-state index contributed by atoms with van der Waals surface area (Å²) in [5, 5.41) is 82.5. The number of aliphatic hydroxyl groups is 7. The number of carbonyl (C=O) groups excluding carboxylic acids is 2. The molecule has 16 atom stereocenters. The SMILES string of the molecule is CO[C@@H]1OC(CO)[C@@H](O[C@@H]2OC(COS(=O)(=O)O)[C@H](O)[C@H](O[C@]3(C)C[C@@H](O)[C@@H](CC(C)=O)C([C@H](O)[C@H](O)CCS(=O)(=O)c4ccc5ccccc5c4)O3)C2O)[C@H](O)C1NC(C)=O. The first-order valence-corrected chi connectivity index (χ1v) is 22.6. The Bertz CT molecular complexity index is 2080. The van der Waals surface area contributed by atoms with Gasteiger partial charge in [0.1, 0.15) is 60.7 Å². The van der Waals surface area contributed by atoms with Crippen molar-refractivity contribution in [1.82, 2.24) is 5.32 Å². The molecule has 2 aromatic rings. The van der Waals surface area contributed by atoms with Crippen LogP contribution in [-0.4, -0.2) is 186 Å². The maximum atomic E-state index is 13.3. The van der Waals surface area contributed by atoms with Crippen molar-refractivity contribution in [3.63, 3.8) is 0 Å². The molecule has 0 aromatic heterocycles. The highest BCUT2D eigenvalue weighted by atomic mass is 32.3. The fourth-order valence-electron chi connectivity index (χ4n) is 8.01. The average molecular weight is 926 g/mol. The highest BCUT2D eigenvalue weighted by molar-refractivity contribution is 7.91. The molecule has 350 valence electrons. The number of aliphatic hydroxyl groups excluding tert-OH is 7. The molecule has 3 aliphatic rings. The summed E-state index contributed by atoms with van der Waals surface area (Å²) in [6.45, 7) is 1.63. The van der Waals surface area contributed by atoms with Crippen molar-refractivity contribution in [2.24, 2.45) is 5.92 Å². The van der Waals surface area contributed by atoms with Gasteiger partial charge in [-0.25, -0.2) is 12.6 Å². The van der Waals surface area contributed by atoms with E-state index in [1.54, 1.807) is 30.3 Å². The predicted octanol–water partition coefficient (Wildman–Crippen LogP) is -2.55. The van der Waals surface area contributed by atoms with Gasteiger partial charge in [-0.05, 0) is 43.2 Å². The molecule has 62 heavy (non-hydrogen) atoms. The lowest BCUT2D eigenvalue weighted by atomic mass is 9.80. The number of fused-ring (bicyclic) bond motifs is 1. The van der Waals surface area contributed by atoms with Gasteiger partial charge in [-0.3, -0.25) is 9.35 Å². The number of ether oxygens (including phenoxy) is 6. The zero-order valence-corrected chi connectivity index (χ0v) is 35.8. The maximum Gasteiger partial charge on any atom is 0.397 e. The number of Topliss-reactive ketones (excluding diaryl/α,β-unsaturated/α-hetero) is 1. The molecule has 3 aliphatic heterocycles. The van der Waals surface area contributed by atoms with Crippen LogP contribution in [0.25, 0.3) is 10.8 Å². The lowest BCUT2D eigenvalue weighted by molar-refractivity contribution is -0.387. The molecule has 9 N–H and O–H groups in total. The normalized spacial score (nSPS) is 35.6. The molecule has 0 bridgehead atoms. The molecule has 5 rings (SSSR count). The maximum absolute atomic E-state index is 13.3. The van der Waals surface area contributed by atoms with Gasteiger partial charge in [0.15, 0.2) is 28.2 Å². The van der Waals surface area contributed by atoms with Crippen molar-refractivity contribution >= 4 is 42.7 Å². The molecule has 0 aliphatic carbocycles. The van der Waals surface area contributed by atoms with Crippen LogP contribution in [0.1, 0.15) is 40.0 Å². The quantitative estimate of drug-likeness (QED) is 0.0695. The van der Waals surface area contributed by atoms with E-state index in [1.165, 1.54) is 33.1 Å². The standard InChI is InChI=1S/C38H55NO21S2/c1-18(41)13-23-25(44)15-38(3,59-33(23)29(45)24(43)11-12-61(49,50)22-10-9-20-7-5-6-8-21(20)14-22)60-35-30(46)27(17-55-62(51,52)53)57-37(32(35)48)58-34-26(16-40)56-36(54-4)28(31(34)47)39-19(2)42/h5-10,14,23-37,40,43-48H,11-13,15-17H2,1-4H3,(H,39,42)(H,51,52,53)/t23-,24-,25-,26?,27?,28?,29-,30+,31-,32?,33?,34-,35+,36-,37+,38-/m1/s1. The number of nitrogens with one attached hydrogen (secondary N) is 1. The van der Waals surface area contributed by atoms with Crippen molar-refractivity contribution in [3.8, 4) is 0 Å². The Labute approximate surface area is 357 Å². The molecular weight excluding hydrogens is 871 g/mol. The fourth-order valence-corrected chi connectivity index (χ4v) is 9.69. The molecule has 1 amide bonds. The first-order chi connectivity index (χ1) is 29.0. The third kappa shape index (κ3) is 12.1. The second-order valence-electron chi connectivity index (χ2n) is 15.8. The van der Waals surface area contributed by atoms with E-state index in [9.17, 15) is 66.7 Å². The number of methoxy groups -OCH3 is 1. The zero-order valence-electron chi connectivity index (χ0n) is 34.1. The highest BCUT2D eigenvalue weighted by Gasteiger charge is 2.56. The Kier molecular flexibility index (Phi) is 16.6. The zero-order chi connectivity index (χ0) is 45.9. The van der Waals surface area contributed by atoms with Crippen LogP contribution >= 0.6 is 0 Å². The van der Waals surface area contributed by atoms with Crippen LogP contribution in [0.3, 0.4) is 0 Å². The van der Waals surface area contributed by atoms with Gasteiger partial charge in [0.25, 0.3) is 0 Å². The Hall–Kier alpha value is -2.86. The third-order valence-electron chi connectivity index (χ3n) is 11.1. The number of hydrogen-bond acceptors (Lipinski definition) is 20. The van der Waals surface area contributed by atoms with E-state index < -0.39 is 161 Å². The van der Waals surface area contributed by atoms with Crippen LogP contribution in [0.4, 0.5) is 0 Å². The van der Waals surface area contributed by atoms with Crippen LogP contribution in [0.5, 0.6) is 0 Å². The van der Waals surface area contributed by atoms with Gasteiger partial charge in [0.05, 0.1) is 42.2 Å². The molecule has 0 spiro atoms. The van der Waals surface area contributed by atoms with Crippen LogP contribution in [-0.2, 0) is 62.4 Å². The van der Waals surface area contributed by atoms with Crippen LogP contribution in [0.15, 0.2) is 47.4 Å². The molecule has 3 heterocycles. The van der Waals surface area contributed by atoms with E-state index in [4.69, 9.17) is 28.4 Å². The first kappa shape index (κ1) is 50.1. The monoisotopic (exact) mass is 925 g/mol. The number of amides is 1. The summed E-state index contributed by atoms with van der Waals surface area (Å²) < 4.78 is 98.1. The molecule has 3 fully saturated rings. The Morgan fingerprint density at radius 2 is 1.58 bits per heavy atom. The summed E-state index contributed by atoms with van der Waals surface area (Å²) in [5.74, 6) is -5.03. The minimum atomic E-state index is -5.16. The van der Waals surface area contributed by atoms with Gasteiger partial charge >= 0.3 is 10.4 Å². The molecular formula is C38H55NO21S2. The summed E-state index contributed by atoms with van der Waals surface area (Å²) in [6.07, 6.45) is -24.4. The van der Waals surface area contributed by atoms with E-state index >= 15 is 0 Å². The molecule has 0 radical (unpaired) electrons. The van der Waals surface area contributed by atoms with Crippen molar-refractivity contribution in [2.75, 3.05) is 26.1 Å². The number of benzene rings is 2. The van der Waals surface area contributed by atoms with Gasteiger partial charge in [-0.2, -0.15) is 8.42 Å². The van der Waals surface area contributed by atoms with E-state index in [0.29, 0.717) is 5.39 Å². The van der Waals surface area contributed by atoms with Gasteiger partial charge in [0.2, 0.25) is 5.91 Å². The van der Waals surface area contributed by atoms with Crippen LogP contribution in [0.2, 0.25) is 0 Å². The summed E-state index contributed by atoms with van der Waals surface area (Å²) in [7, 11) is -7.96. The van der Waals surface area contributed by atoms with Crippen molar-refractivity contribution in [1.29, 1.82) is 0 Å². The number of hydrogen-bond donors (Lipinski definition) is 9. The van der Waals surface area contributed by atoms with E-state index in [-0.39, 0.29) is 11.3 Å². The Morgan fingerprint density at radius 3 is 2.19 bits per heavy atom. The third-order valence-corrected chi connectivity index (χ3v) is 13.2. The summed E-state index contributed by atoms with van der Waals surface area (Å²) in [4.78, 5) is 24.3. The second-order valence-corrected chi connectivity index (χ2v) is 19.0. The number of rotatable bonds is 18. The van der Waals surface area contributed by atoms with Crippen molar-refractivity contribution in [2.45, 2.75) is 136 Å². The van der Waals surface area contributed by atoms with Crippen molar-refractivity contribution < 1.29 is 99.3 Å². The fraction of sp³-hybridized carbons (Fsp3) is 0.684. The lowest BCUT2D eigenvalue weighted by Gasteiger charge is -2.51. The van der Waals surface area contributed by atoms with Gasteiger partial charge in [-0.1, -0.05) is 30.3 Å². The Balaban J connectivity index is 1.39. The molecule has 0 saturated carbocycles.